The number of aromatic nitrogens is 6. The van der Waals surface area contributed by atoms with Crippen molar-refractivity contribution in [1.29, 1.82) is 0 Å². The molecule has 0 saturated carbocycles. The lowest BCUT2D eigenvalue weighted by molar-refractivity contribution is -0.133. The van der Waals surface area contributed by atoms with Gasteiger partial charge in [0, 0.05) is 107 Å². The zero-order chi connectivity index (χ0) is 92.5. The van der Waals surface area contributed by atoms with Crippen LogP contribution in [-0.2, 0) is 57.4 Å². The van der Waals surface area contributed by atoms with Gasteiger partial charge in [-0.2, -0.15) is 15.0 Å². The van der Waals surface area contributed by atoms with E-state index in [9.17, 15) is 37.2 Å². The highest BCUT2D eigenvalue weighted by atomic mass is 35.5. The van der Waals surface area contributed by atoms with E-state index in [1.165, 1.54) is 11.0 Å². The Morgan fingerprint density at radius 2 is 0.779 bits per heavy atom. The predicted molar refractivity (Wildman–Crippen MR) is 504 cm³/mol. The molecule has 0 atom stereocenters. The van der Waals surface area contributed by atoms with Crippen LogP contribution in [0.3, 0.4) is 0 Å². The lowest BCUT2D eigenvalue weighted by Crippen LogP contribution is -2.48. The number of urea groups is 3. The summed E-state index contributed by atoms with van der Waals surface area (Å²) in [6, 6.07) is 36.7. The summed E-state index contributed by atoms with van der Waals surface area (Å²) in [5, 5.41) is 15.4. The molecule has 6 saturated heterocycles. The van der Waals surface area contributed by atoms with Gasteiger partial charge in [-0.05, 0) is 150 Å². The first-order valence-corrected chi connectivity index (χ1v) is 47.9. The molecule has 131 heavy (non-hydrogen) atoms. The van der Waals surface area contributed by atoms with Crippen molar-refractivity contribution in [3.63, 3.8) is 0 Å². The zero-order valence-corrected chi connectivity index (χ0v) is 79.7. The molecule has 708 valence electrons. The molecule has 0 bridgehead atoms. The Hall–Kier alpha value is -9.47. The zero-order valence-electron chi connectivity index (χ0n) is 74.3. The molecule has 15 rings (SSSR count). The van der Waals surface area contributed by atoms with Crippen molar-refractivity contribution >= 4 is 116 Å². The summed E-state index contributed by atoms with van der Waals surface area (Å²) < 4.78 is 75.9. The summed E-state index contributed by atoms with van der Waals surface area (Å²) in [5.41, 5.74) is -0.849. The molecule has 6 aliphatic rings. The summed E-state index contributed by atoms with van der Waals surface area (Å²) in [6.07, 6.45) is 0. The van der Waals surface area contributed by atoms with Crippen LogP contribution in [0.1, 0.15) is 116 Å². The molecular weight excluding hydrogens is 1830 g/mol. The van der Waals surface area contributed by atoms with Gasteiger partial charge in [0.2, 0.25) is 35.1 Å². The number of amides is 9. The van der Waals surface area contributed by atoms with Crippen LogP contribution in [0.4, 0.5) is 14.4 Å². The third-order valence-corrected chi connectivity index (χ3v) is 27.8. The Balaban J connectivity index is 0.000000190. The Labute approximate surface area is 794 Å². The van der Waals surface area contributed by atoms with Gasteiger partial charge in [0.1, 0.15) is 75.0 Å². The highest BCUT2D eigenvalue weighted by molar-refractivity contribution is 7.99. The largest absolute Gasteiger partial charge is 0.455 e. The fourth-order valence-corrected chi connectivity index (χ4v) is 18.8. The van der Waals surface area contributed by atoms with Crippen molar-refractivity contribution in [3.8, 4) is 68.7 Å². The second kappa shape index (κ2) is 46.9. The number of para-hydroxylation sites is 3. The summed E-state index contributed by atoms with van der Waals surface area (Å²) in [7, 11) is -3.57. The van der Waals surface area contributed by atoms with E-state index < -0.39 is 32.5 Å². The number of ether oxygens (including phenoxy) is 6. The highest BCUT2D eigenvalue weighted by Gasteiger charge is 2.53. The molecule has 0 aliphatic carbocycles. The SMILES string of the molecule is C.C.CC(C)CS(=O)(=O)c1ccccc1Oc1ccc(-c2noc(CN3C(=O)N(CCN4CCOCC4)C(C)(C)C3=O)n2)cc1Cl.CC(C)CSc1ccccc1Oc1ccc(-c2noc(CCl)n2)cc1Cl.CC(C)CSc1ccccc1Oc1ccc(-c2noc(CN3C(=O)N(CCN4CCOCC4)C(C)(C)C3=O)n2)cc1Cl.CC1(C)C(=O)NC(=O)N1CCN1CCOCC1. The number of nitrogens with one attached hydrogen (secondary N) is 1. The fourth-order valence-electron chi connectivity index (χ4n) is 14.4. The molecule has 0 spiro atoms. The lowest BCUT2D eigenvalue weighted by atomic mass is 10.0. The summed E-state index contributed by atoms with van der Waals surface area (Å²) in [6.45, 7) is 35.3. The van der Waals surface area contributed by atoms with Crippen molar-refractivity contribution in [2.75, 3.05) is 135 Å². The number of rotatable bonds is 32. The van der Waals surface area contributed by atoms with Gasteiger partial charge in [-0.3, -0.25) is 44.2 Å². The van der Waals surface area contributed by atoms with Crippen molar-refractivity contribution < 1.29 is 79.2 Å². The summed E-state index contributed by atoms with van der Waals surface area (Å²) in [5.74, 6) is 7.00. The summed E-state index contributed by atoms with van der Waals surface area (Å²) in [4.78, 5) is 105. The van der Waals surface area contributed by atoms with Crippen molar-refractivity contribution in [1.82, 2.24) is 74.9 Å². The van der Waals surface area contributed by atoms with Crippen LogP contribution in [0.25, 0.3) is 34.2 Å². The molecule has 3 aromatic heterocycles. The van der Waals surface area contributed by atoms with Gasteiger partial charge < -0.3 is 56.7 Å². The molecule has 0 radical (unpaired) electrons. The lowest BCUT2D eigenvalue weighted by Gasteiger charge is -2.32. The van der Waals surface area contributed by atoms with E-state index in [2.05, 4.69) is 84.2 Å². The number of thioether (sulfide) groups is 2. The average Bonchev–Trinajstić information content (AvgIpc) is 1.61. The number of morpholine rings is 3. The first kappa shape index (κ1) is 104. The maximum Gasteiger partial charge on any atom is 0.328 e. The molecule has 32 nitrogen and oxygen atoms in total. The van der Waals surface area contributed by atoms with Crippen LogP contribution in [0.5, 0.6) is 34.5 Å². The van der Waals surface area contributed by atoms with Crippen molar-refractivity contribution in [2.24, 2.45) is 17.8 Å². The molecular formula is C92H117Cl4N15O17S3. The number of carbonyl (C=O) groups excluding carboxylic acids is 6. The fraction of sp³-hybridized carbons (Fsp3) is 0.478. The highest BCUT2D eigenvalue weighted by Crippen LogP contribution is 2.42. The van der Waals surface area contributed by atoms with Crippen LogP contribution >= 0.6 is 69.9 Å². The molecule has 0 unspecified atom stereocenters. The van der Waals surface area contributed by atoms with E-state index in [0.29, 0.717) is 121 Å². The Morgan fingerprint density at radius 3 is 1.12 bits per heavy atom. The monoisotopic (exact) mass is 1940 g/mol. The van der Waals surface area contributed by atoms with Crippen molar-refractivity contribution in [3.05, 3.63) is 160 Å². The molecule has 39 heteroatoms. The average molecular weight is 1940 g/mol. The first-order valence-electron chi connectivity index (χ1n) is 42.6. The van der Waals surface area contributed by atoms with Crippen molar-refractivity contribution in [2.45, 2.75) is 148 Å². The molecule has 9 aromatic rings. The normalized spacial score (nSPS) is 17.0. The smallest absolute Gasteiger partial charge is 0.328 e. The topological polar surface area (TPSA) is 347 Å². The van der Waals surface area contributed by atoms with Gasteiger partial charge >= 0.3 is 18.1 Å². The number of benzene rings is 6. The van der Waals surface area contributed by atoms with E-state index in [1.54, 1.807) is 146 Å². The number of carbonyl (C=O) groups is 6. The second-order valence-electron chi connectivity index (χ2n) is 33.9. The number of halogens is 4. The van der Waals surface area contributed by atoms with Gasteiger partial charge in [-0.1, -0.05) is 143 Å². The molecule has 6 aliphatic heterocycles. The predicted octanol–water partition coefficient (Wildman–Crippen LogP) is 17.9. The minimum atomic E-state index is -3.57. The van der Waals surface area contributed by atoms with Gasteiger partial charge in [0.25, 0.3) is 17.7 Å². The minimum Gasteiger partial charge on any atom is -0.455 e. The maximum absolute atomic E-state index is 13.3. The quantitative estimate of drug-likeness (QED) is 0.0232. The molecule has 9 amide bonds. The van der Waals surface area contributed by atoms with Gasteiger partial charge in [0.15, 0.2) is 9.84 Å². The molecule has 9 heterocycles. The minimum absolute atomic E-state index is 0. The Kier molecular flexibility index (Phi) is 37.1. The van der Waals surface area contributed by atoms with E-state index in [0.717, 1.165) is 102 Å². The number of sulfone groups is 1. The third kappa shape index (κ3) is 26.8. The number of hydrogen-bond donors (Lipinski definition) is 1. The number of imide groups is 3. The number of hydrogen-bond acceptors (Lipinski definition) is 28. The number of alkyl halides is 1. The van der Waals surface area contributed by atoms with Crippen LogP contribution in [0.15, 0.2) is 156 Å². The maximum atomic E-state index is 13.3. The molecule has 6 aromatic carbocycles. The number of nitrogens with zero attached hydrogens (tertiary/aromatic N) is 14. The Morgan fingerprint density at radius 1 is 0.435 bits per heavy atom. The van der Waals surface area contributed by atoms with Gasteiger partial charge in [0.05, 0.1) is 70.3 Å². The van der Waals surface area contributed by atoms with E-state index >= 15 is 0 Å². The third-order valence-electron chi connectivity index (χ3n) is 21.7. The van der Waals surface area contributed by atoms with Gasteiger partial charge in [-0.25, -0.2) is 22.8 Å². The molecule has 6 fully saturated rings. The second-order valence-corrected chi connectivity index (χ2v) is 39.6. The van der Waals surface area contributed by atoms with Crippen LogP contribution in [0.2, 0.25) is 15.1 Å². The summed E-state index contributed by atoms with van der Waals surface area (Å²) >= 11 is 28.7. The molecule has 1 N–H and O–H groups in total. The van der Waals surface area contributed by atoms with Crippen LogP contribution < -0.4 is 19.5 Å². The van der Waals surface area contributed by atoms with Gasteiger partial charge in [-0.15, -0.1) is 35.1 Å². The van der Waals surface area contributed by atoms with E-state index in [4.69, 9.17) is 88.4 Å². The van der Waals surface area contributed by atoms with E-state index in [1.807, 2.05) is 62.4 Å². The first-order chi connectivity index (χ1) is 61.6. The standard InChI is InChI=1S/C30H36ClN5O7S.C30H36ClN5O5S.C19H18Cl2N2O2S.C11H19N3O3.2CH4/c1-20(2)19-44(39,40)25-8-6-5-7-24(25)42-23-10-9-21(17-22(23)31)27-32-26(43-33-27)18-35-28(37)30(3,4)36(29(35)38)12-11-34-13-15-41-16-14-34;1-20(2)19-42-25-8-6-5-7-24(25)40-23-10-9-21(17-22(23)31)27-32-26(41-33-27)18-35-28(37)30(3,4)36(29(35)38)12-11-34-13-15-39-16-14-34;1-12(2)11-26-17-6-4-3-5-16(17)24-15-8-7-13(9-14(15)21)19-22-18(10-20)25-23-19;1-11(2)9(15)12-10(16)14(11)4-3-13-5-7-17-8-6-13;;/h5-10,17,20H,11-16,18-19H2,1-4H3;5-10,17,20H,11-16,18-19H2,1-4H3;3-9,12H,10-11H2,1-2H3;3-8H2,1-2H3,(H,12,15,16);2*1H4. The van der Waals surface area contributed by atoms with E-state index in [-0.39, 0.29) is 114 Å². The van der Waals surface area contributed by atoms with Crippen LogP contribution in [-0.4, -0.2) is 266 Å². The Bertz CT molecular complexity index is 5510. The van der Waals surface area contributed by atoms with Crippen LogP contribution in [0, 0.1) is 17.8 Å².